The van der Waals surface area contributed by atoms with Gasteiger partial charge in [0.05, 0.1) is 16.3 Å². The van der Waals surface area contributed by atoms with Crippen LogP contribution in [0.1, 0.15) is 27.7 Å². The topological polar surface area (TPSA) is 46.2 Å². The van der Waals surface area contributed by atoms with Crippen LogP contribution in [0.4, 0.5) is 5.69 Å². The molecule has 0 spiro atoms. The van der Waals surface area contributed by atoms with Gasteiger partial charge in [0, 0.05) is 6.54 Å². The van der Waals surface area contributed by atoms with Gasteiger partial charge in [0.2, 0.25) is 0 Å². The van der Waals surface area contributed by atoms with Gasteiger partial charge in [0.15, 0.2) is 9.84 Å². The van der Waals surface area contributed by atoms with Crippen LogP contribution in [0.2, 0.25) is 0 Å². The normalized spacial score (nSPS) is 12.5. The Labute approximate surface area is 104 Å². The Bertz CT molecular complexity index is 472. The van der Waals surface area contributed by atoms with E-state index in [1.807, 2.05) is 12.1 Å². The molecule has 0 fully saturated rings. The molecule has 1 aromatic rings. The second-order valence-corrected chi connectivity index (χ2v) is 7.56. The minimum absolute atomic E-state index is 0.114. The number of benzene rings is 1. The maximum Gasteiger partial charge on any atom is 0.180 e. The molecule has 96 valence electrons. The molecule has 17 heavy (non-hydrogen) atoms. The van der Waals surface area contributed by atoms with Gasteiger partial charge in [-0.3, -0.25) is 0 Å². The van der Waals surface area contributed by atoms with Crippen LogP contribution >= 0.6 is 0 Å². The van der Waals surface area contributed by atoms with Crippen molar-refractivity contribution >= 4 is 15.5 Å². The van der Waals surface area contributed by atoms with E-state index in [9.17, 15) is 8.42 Å². The Morgan fingerprint density at radius 1 is 1.18 bits per heavy atom. The number of anilines is 1. The highest BCUT2D eigenvalue weighted by molar-refractivity contribution is 7.91. The van der Waals surface area contributed by atoms with Crippen LogP contribution in [-0.2, 0) is 9.84 Å². The molecule has 1 rings (SSSR count). The summed E-state index contributed by atoms with van der Waals surface area (Å²) in [5, 5.41) is 3.21. The Morgan fingerprint density at radius 2 is 1.76 bits per heavy atom. The SMILES string of the molecule is CCS(=O)(=O)c1ccccc1NCC(C)(C)C. The molecule has 1 N–H and O–H groups in total. The maximum absolute atomic E-state index is 11.9. The van der Waals surface area contributed by atoms with Crippen molar-refractivity contribution in [3.63, 3.8) is 0 Å². The van der Waals surface area contributed by atoms with E-state index in [0.29, 0.717) is 10.6 Å². The molecule has 4 heteroatoms. The smallest absolute Gasteiger partial charge is 0.180 e. The average molecular weight is 255 g/mol. The van der Waals surface area contributed by atoms with Crippen LogP contribution in [-0.4, -0.2) is 20.7 Å². The van der Waals surface area contributed by atoms with E-state index in [1.165, 1.54) is 0 Å². The van der Waals surface area contributed by atoms with E-state index in [-0.39, 0.29) is 11.2 Å². The molecular formula is C13H21NO2S. The van der Waals surface area contributed by atoms with Crippen LogP contribution in [0.15, 0.2) is 29.2 Å². The summed E-state index contributed by atoms with van der Waals surface area (Å²) in [5.74, 6) is 0.126. The van der Waals surface area contributed by atoms with E-state index in [2.05, 4.69) is 26.1 Å². The van der Waals surface area contributed by atoms with E-state index in [1.54, 1.807) is 19.1 Å². The van der Waals surface area contributed by atoms with Crippen LogP contribution < -0.4 is 5.32 Å². The molecule has 0 amide bonds. The molecule has 0 unspecified atom stereocenters. The molecule has 1 aromatic carbocycles. The molecule has 0 aliphatic rings. The van der Waals surface area contributed by atoms with Crippen LogP contribution in [0, 0.1) is 5.41 Å². The third-order valence-corrected chi connectivity index (χ3v) is 4.20. The predicted molar refractivity (Wildman–Crippen MR) is 72.1 cm³/mol. The number of rotatable bonds is 4. The second kappa shape index (κ2) is 5.08. The lowest BCUT2D eigenvalue weighted by molar-refractivity contribution is 0.442. The van der Waals surface area contributed by atoms with E-state index in [4.69, 9.17) is 0 Å². The van der Waals surface area contributed by atoms with Crippen molar-refractivity contribution in [3.8, 4) is 0 Å². The Kier molecular flexibility index (Phi) is 4.20. The highest BCUT2D eigenvalue weighted by Crippen LogP contribution is 2.23. The fourth-order valence-electron chi connectivity index (χ4n) is 1.40. The zero-order valence-electron chi connectivity index (χ0n) is 10.9. The monoisotopic (exact) mass is 255 g/mol. The lowest BCUT2D eigenvalue weighted by Crippen LogP contribution is -2.20. The largest absolute Gasteiger partial charge is 0.383 e. The Morgan fingerprint density at radius 3 is 2.29 bits per heavy atom. The first-order valence-corrected chi connectivity index (χ1v) is 7.47. The number of sulfone groups is 1. The number of nitrogens with one attached hydrogen (secondary N) is 1. The summed E-state index contributed by atoms with van der Waals surface area (Å²) in [5.41, 5.74) is 0.813. The molecule has 0 aliphatic carbocycles. The molecule has 0 heterocycles. The lowest BCUT2D eigenvalue weighted by Gasteiger charge is -2.21. The molecule has 0 radical (unpaired) electrons. The van der Waals surface area contributed by atoms with E-state index >= 15 is 0 Å². The Balaban J connectivity index is 3.02. The highest BCUT2D eigenvalue weighted by atomic mass is 32.2. The molecule has 0 atom stereocenters. The molecule has 0 saturated heterocycles. The third-order valence-electron chi connectivity index (χ3n) is 2.41. The zero-order valence-corrected chi connectivity index (χ0v) is 11.8. The quantitative estimate of drug-likeness (QED) is 0.899. The Hall–Kier alpha value is -1.03. The minimum atomic E-state index is -3.16. The fourth-order valence-corrected chi connectivity index (χ4v) is 2.47. The first kappa shape index (κ1) is 14.0. The standard InChI is InChI=1S/C13H21NO2S/c1-5-17(15,16)12-9-7-6-8-11(12)14-10-13(2,3)4/h6-9,14H,5,10H2,1-4H3. The van der Waals surface area contributed by atoms with Crippen LogP contribution in [0.25, 0.3) is 0 Å². The first-order chi connectivity index (χ1) is 7.76. The van der Waals surface area contributed by atoms with Crippen molar-refractivity contribution < 1.29 is 8.42 Å². The summed E-state index contributed by atoms with van der Waals surface area (Å²) in [4.78, 5) is 0.395. The van der Waals surface area contributed by atoms with Crippen molar-refractivity contribution in [2.75, 3.05) is 17.6 Å². The summed E-state index contributed by atoms with van der Waals surface area (Å²) >= 11 is 0. The van der Waals surface area contributed by atoms with Gasteiger partial charge in [-0.1, -0.05) is 39.8 Å². The average Bonchev–Trinajstić information content (AvgIpc) is 2.26. The van der Waals surface area contributed by atoms with E-state index < -0.39 is 9.84 Å². The van der Waals surface area contributed by atoms with Crippen LogP contribution in [0.5, 0.6) is 0 Å². The van der Waals surface area contributed by atoms with Crippen LogP contribution in [0.3, 0.4) is 0 Å². The number of hydrogen-bond acceptors (Lipinski definition) is 3. The summed E-state index contributed by atoms with van der Waals surface area (Å²) < 4.78 is 23.8. The molecule has 0 bridgehead atoms. The predicted octanol–water partition coefficient (Wildman–Crippen LogP) is 2.94. The van der Waals surface area contributed by atoms with Crippen molar-refractivity contribution in [3.05, 3.63) is 24.3 Å². The first-order valence-electron chi connectivity index (χ1n) is 5.82. The maximum atomic E-state index is 11.9. The van der Waals surface area contributed by atoms with Crippen molar-refractivity contribution in [2.45, 2.75) is 32.6 Å². The molecular weight excluding hydrogens is 234 g/mol. The highest BCUT2D eigenvalue weighted by Gasteiger charge is 2.17. The van der Waals surface area contributed by atoms with Gasteiger partial charge >= 0.3 is 0 Å². The van der Waals surface area contributed by atoms with Crippen molar-refractivity contribution in [2.24, 2.45) is 5.41 Å². The molecule has 0 aromatic heterocycles. The molecule has 3 nitrogen and oxygen atoms in total. The van der Waals surface area contributed by atoms with Crippen molar-refractivity contribution in [1.82, 2.24) is 0 Å². The van der Waals surface area contributed by atoms with Gasteiger partial charge < -0.3 is 5.32 Å². The van der Waals surface area contributed by atoms with Gasteiger partial charge in [0.25, 0.3) is 0 Å². The summed E-state index contributed by atoms with van der Waals surface area (Å²) in [7, 11) is -3.16. The van der Waals surface area contributed by atoms with Crippen molar-refractivity contribution in [1.29, 1.82) is 0 Å². The van der Waals surface area contributed by atoms with Gasteiger partial charge in [-0.15, -0.1) is 0 Å². The fraction of sp³-hybridized carbons (Fsp3) is 0.538. The number of hydrogen-bond donors (Lipinski definition) is 1. The second-order valence-electron chi connectivity index (χ2n) is 5.31. The summed E-state index contributed by atoms with van der Waals surface area (Å²) in [6.07, 6.45) is 0. The minimum Gasteiger partial charge on any atom is -0.383 e. The molecule has 0 aliphatic heterocycles. The molecule has 0 saturated carbocycles. The lowest BCUT2D eigenvalue weighted by atomic mass is 9.97. The summed E-state index contributed by atoms with van der Waals surface area (Å²) in [6, 6.07) is 7.07. The van der Waals surface area contributed by atoms with Gasteiger partial charge in [0.1, 0.15) is 0 Å². The van der Waals surface area contributed by atoms with Gasteiger partial charge in [-0.2, -0.15) is 0 Å². The van der Waals surface area contributed by atoms with E-state index in [0.717, 1.165) is 6.54 Å². The zero-order chi connectivity index (χ0) is 13.1. The number of para-hydroxylation sites is 1. The van der Waals surface area contributed by atoms with Gasteiger partial charge in [-0.05, 0) is 17.5 Å². The summed E-state index contributed by atoms with van der Waals surface area (Å²) in [6.45, 7) is 8.73. The van der Waals surface area contributed by atoms with Gasteiger partial charge in [-0.25, -0.2) is 8.42 Å². The third kappa shape index (κ3) is 4.04.